The Morgan fingerprint density at radius 2 is 2.08 bits per heavy atom. The molecule has 1 aromatic carbocycles. The third-order valence-electron chi connectivity index (χ3n) is 6.65. The van der Waals surface area contributed by atoms with Gasteiger partial charge in [-0.2, -0.15) is 5.10 Å². The van der Waals surface area contributed by atoms with Crippen LogP contribution in [-0.4, -0.2) is 48.9 Å². The summed E-state index contributed by atoms with van der Waals surface area (Å²) in [6.07, 6.45) is 8.31. The Morgan fingerprint density at radius 3 is 2.78 bits per heavy atom. The molecule has 0 bridgehead atoms. The maximum absolute atomic E-state index is 15.7. The van der Waals surface area contributed by atoms with E-state index in [2.05, 4.69) is 20.6 Å². The molecule has 194 valence electrons. The molecule has 0 spiro atoms. The third kappa shape index (κ3) is 4.40. The topological polar surface area (TPSA) is 98.4 Å². The number of nitrogens with zero attached hydrogens (tertiary/aromatic N) is 5. The molecule has 3 atom stereocenters. The molecule has 4 aromatic rings. The number of halogens is 3. The number of rotatable bonds is 6. The Bertz CT molecular complexity index is 1510. The molecule has 37 heavy (non-hydrogen) atoms. The fraction of sp³-hybridized carbons (Fsp3) is 0.440. The van der Waals surface area contributed by atoms with Gasteiger partial charge >= 0.3 is 0 Å². The number of alkyl halides is 1. The van der Waals surface area contributed by atoms with E-state index >= 15 is 4.39 Å². The highest BCUT2D eigenvalue weighted by Crippen LogP contribution is 2.42. The van der Waals surface area contributed by atoms with E-state index < -0.39 is 23.8 Å². The Kier molecular flexibility index (Phi) is 5.99. The molecule has 1 amide bonds. The minimum Gasteiger partial charge on any atom is -0.379 e. The monoisotopic (exact) mass is 529 g/mol. The quantitative estimate of drug-likeness (QED) is 0.349. The lowest BCUT2D eigenvalue weighted by atomic mass is 10.0. The van der Waals surface area contributed by atoms with Crippen LogP contribution in [0.5, 0.6) is 0 Å². The number of ether oxygens (including phenoxy) is 1. The lowest BCUT2D eigenvalue weighted by molar-refractivity contribution is -0.117. The van der Waals surface area contributed by atoms with Gasteiger partial charge in [-0.15, -0.1) is 0 Å². The molecule has 1 aliphatic carbocycles. The van der Waals surface area contributed by atoms with Crippen molar-refractivity contribution >= 4 is 45.6 Å². The summed E-state index contributed by atoms with van der Waals surface area (Å²) < 4.78 is 38.2. The predicted octanol–water partition coefficient (Wildman–Crippen LogP) is 5.35. The second-order valence-corrected chi connectivity index (χ2v) is 10.3. The second-order valence-electron chi connectivity index (χ2n) is 9.88. The lowest BCUT2D eigenvalue weighted by Crippen LogP contribution is -2.18. The standard InChI is InChI=1S/C25H26ClF2N7O2/c1-12(2)30-24-22(28)21(26)20(14-9-35(33-23(14)24)19-5-3-4-6-37-19)16-10-34-11-17(31-18(34)8-29-16)32-25(36)13-7-15(13)27/h8-13,15,19,30H,3-7H2,1-2H3,(H,32,36)/t13-,15+,19?/m1/s1. The first-order chi connectivity index (χ1) is 17.8. The van der Waals surface area contributed by atoms with Crippen LogP contribution in [0.1, 0.15) is 45.8 Å². The maximum atomic E-state index is 15.7. The fourth-order valence-electron chi connectivity index (χ4n) is 4.69. The van der Waals surface area contributed by atoms with Crippen LogP contribution in [0.25, 0.3) is 27.8 Å². The van der Waals surface area contributed by atoms with Crippen LogP contribution < -0.4 is 10.6 Å². The van der Waals surface area contributed by atoms with Crippen molar-refractivity contribution in [1.29, 1.82) is 0 Å². The predicted molar refractivity (Wildman–Crippen MR) is 136 cm³/mol. The number of fused-ring (bicyclic) bond motifs is 2. The van der Waals surface area contributed by atoms with Crippen LogP contribution in [0.3, 0.4) is 0 Å². The van der Waals surface area contributed by atoms with Crippen molar-refractivity contribution in [2.24, 2.45) is 5.92 Å². The van der Waals surface area contributed by atoms with E-state index in [0.29, 0.717) is 34.4 Å². The van der Waals surface area contributed by atoms with E-state index in [9.17, 15) is 9.18 Å². The van der Waals surface area contributed by atoms with Crippen molar-refractivity contribution in [3.63, 3.8) is 0 Å². The van der Waals surface area contributed by atoms with Crippen LogP contribution in [0.2, 0.25) is 5.02 Å². The SMILES string of the molecule is CC(C)Nc1c(F)c(Cl)c(-c2cn3cc(NC(=O)[C@@H]4C[C@@H]4F)nc3cn2)c2cn(C3CCCCO3)nc12. The van der Waals surface area contributed by atoms with Crippen molar-refractivity contribution in [2.45, 2.75) is 58.0 Å². The normalized spacial score (nSPS) is 21.6. The van der Waals surface area contributed by atoms with Gasteiger partial charge < -0.3 is 19.8 Å². The van der Waals surface area contributed by atoms with Gasteiger partial charge in [0, 0.05) is 36.0 Å². The highest BCUT2D eigenvalue weighted by Gasteiger charge is 2.43. The van der Waals surface area contributed by atoms with Crippen LogP contribution in [0.15, 0.2) is 24.8 Å². The Labute approximate surface area is 216 Å². The molecular weight excluding hydrogens is 504 g/mol. The van der Waals surface area contributed by atoms with Gasteiger partial charge in [0.2, 0.25) is 5.91 Å². The number of amides is 1. The summed E-state index contributed by atoms with van der Waals surface area (Å²) in [7, 11) is 0. The lowest BCUT2D eigenvalue weighted by Gasteiger charge is -2.22. The van der Waals surface area contributed by atoms with E-state index in [0.717, 1.165) is 19.3 Å². The molecule has 1 saturated carbocycles. The molecular formula is C25H26ClF2N7O2. The van der Waals surface area contributed by atoms with Gasteiger partial charge in [0.15, 0.2) is 17.3 Å². The van der Waals surface area contributed by atoms with Crippen molar-refractivity contribution in [2.75, 3.05) is 17.2 Å². The number of carbonyl (C=O) groups excluding carboxylic acids is 1. The van der Waals surface area contributed by atoms with E-state index in [4.69, 9.17) is 21.4 Å². The molecule has 9 nitrogen and oxygen atoms in total. The molecule has 4 heterocycles. The average Bonchev–Trinajstić information content (AvgIpc) is 3.26. The third-order valence-corrected chi connectivity index (χ3v) is 7.01. The number of carbonyl (C=O) groups is 1. The van der Waals surface area contributed by atoms with E-state index in [1.54, 1.807) is 21.5 Å². The first-order valence-electron chi connectivity index (χ1n) is 12.4. The Balaban J connectivity index is 1.45. The first-order valence-corrected chi connectivity index (χ1v) is 12.8. The van der Waals surface area contributed by atoms with E-state index in [1.165, 1.54) is 6.20 Å². The smallest absolute Gasteiger partial charge is 0.231 e. The zero-order valence-corrected chi connectivity index (χ0v) is 21.1. The van der Waals surface area contributed by atoms with Gasteiger partial charge in [0.05, 0.1) is 29.0 Å². The zero-order valence-electron chi connectivity index (χ0n) is 20.3. The summed E-state index contributed by atoms with van der Waals surface area (Å²) in [4.78, 5) is 21.0. The molecule has 2 N–H and O–H groups in total. The molecule has 3 aromatic heterocycles. The highest BCUT2D eigenvalue weighted by molar-refractivity contribution is 6.35. The van der Waals surface area contributed by atoms with Gasteiger partial charge in [0.25, 0.3) is 0 Å². The highest BCUT2D eigenvalue weighted by atomic mass is 35.5. The average molecular weight is 530 g/mol. The number of aromatic nitrogens is 5. The number of benzene rings is 1. The summed E-state index contributed by atoms with van der Waals surface area (Å²) in [6.45, 7) is 4.47. The number of imidazole rings is 1. The molecule has 1 aliphatic heterocycles. The van der Waals surface area contributed by atoms with E-state index in [-0.39, 0.29) is 35.2 Å². The number of nitrogens with one attached hydrogen (secondary N) is 2. The number of anilines is 2. The van der Waals surface area contributed by atoms with Gasteiger partial charge in [0.1, 0.15) is 23.6 Å². The van der Waals surface area contributed by atoms with Crippen molar-refractivity contribution in [1.82, 2.24) is 24.1 Å². The van der Waals surface area contributed by atoms with E-state index in [1.807, 2.05) is 20.0 Å². The maximum Gasteiger partial charge on any atom is 0.231 e. The molecule has 0 radical (unpaired) electrons. The molecule has 1 saturated heterocycles. The Morgan fingerprint density at radius 1 is 1.27 bits per heavy atom. The summed E-state index contributed by atoms with van der Waals surface area (Å²) in [6, 6.07) is -0.0481. The zero-order chi connectivity index (χ0) is 25.8. The van der Waals surface area contributed by atoms with Crippen LogP contribution in [-0.2, 0) is 9.53 Å². The van der Waals surface area contributed by atoms with Crippen LogP contribution in [0.4, 0.5) is 20.3 Å². The number of hydrogen-bond donors (Lipinski definition) is 2. The Hall–Kier alpha value is -3.31. The van der Waals surface area contributed by atoms with Crippen LogP contribution in [0, 0.1) is 11.7 Å². The van der Waals surface area contributed by atoms with Crippen LogP contribution >= 0.6 is 11.6 Å². The summed E-state index contributed by atoms with van der Waals surface area (Å²) in [5.41, 5.74) is 1.93. The first kappa shape index (κ1) is 24.1. The minimum absolute atomic E-state index is 0.0481. The van der Waals surface area contributed by atoms with Crippen molar-refractivity contribution in [3.05, 3.63) is 35.6 Å². The van der Waals surface area contributed by atoms with Gasteiger partial charge in [-0.3, -0.25) is 9.78 Å². The molecule has 6 rings (SSSR count). The van der Waals surface area contributed by atoms with Crippen molar-refractivity contribution in [3.8, 4) is 11.3 Å². The summed E-state index contributed by atoms with van der Waals surface area (Å²) in [5, 5.41) is 11.0. The fourth-order valence-corrected chi connectivity index (χ4v) is 4.99. The molecule has 12 heteroatoms. The van der Waals surface area contributed by atoms with Crippen molar-refractivity contribution < 1.29 is 18.3 Å². The summed E-state index contributed by atoms with van der Waals surface area (Å²) in [5.74, 6) is -1.36. The molecule has 2 aliphatic rings. The minimum atomic E-state index is -1.10. The van der Waals surface area contributed by atoms with Gasteiger partial charge in [-0.25, -0.2) is 18.4 Å². The number of hydrogen-bond acceptors (Lipinski definition) is 6. The summed E-state index contributed by atoms with van der Waals surface area (Å²) >= 11 is 6.63. The largest absolute Gasteiger partial charge is 0.379 e. The van der Waals surface area contributed by atoms with Gasteiger partial charge in [-0.1, -0.05) is 11.6 Å². The molecule has 1 unspecified atom stereocenters. The van der Waals surface area contributed by atoms with Gasteiger partial charge in [-0.05, 0) is 39.5 Å². The second kappa shape index (κ2) is 9.21. The molecule has 2 fully saturated rings.